The molecule has 42 heavy (non-hydrogen) atoms. The molecule has 4 heterocycles. The lowest BCUT2D eigenvalue weighted by atomic mass is 10.1. The first kappa shape index (κ1) is 28.1. The molecule has 2 aromatic carbocycles. The van der Waals surface area contributed by atoms with E-state index in [1.165, 1.54) is 36.2 Å². The highest BCUT2D eigenvalue weighted by Gasteiger charge is 2.40. The second-order valence-corrected chi connectivity index (χ2v) is 12.1. The summed E-state index contributed by atoms with van der Waals surface area (Å²) in [6.07, 6.45) is 1.30. The third-order valence-electron chi connectivity index (χ3n) is 7.44. The Morgan fingerprint density at radius 3 is 2.60 bits per heavy atom. The van der Waals surface area contributed by atoms with Crippen LogP contribution in [0.5, 0.6) is 0 Å². The summed E-state index contributed by atoms with van der Waals surface area (Å²) in [5.41, 5.74) is 0.883. The van der Waals surface area contributed by atoms with Gasteiger partial charge in [0.05, 0.1) is 27.2 Å². The summed E-state index contributed by atoms with van der Waals surface area (Å²) < 4.78 is 17.9. The summed E-state index contributed by atoms with van der Waals surface area (Å²) in [4.78, 5) is 59.2. The highest BCUT2D eigenvalue weighted by Crippen LogP contribution is 2.39. The number of hydrogen-bond acceptors (Lipinski definition) is 9. The van der Waals surface area contributed by atoms with Crippen LogP contribution in [0.3, 0.4) is 0 Å². The Bertz CT molecular complexity index is 1820. The summed E-state index contributed by atoms with van der Waals surface area (Å²) >= 11 is 2.92. The van der Waals surface area contributed by atoms with E-state index in [-0.39, 0.29) is 28.3 Å². The van der Waals surface area contributed by atoms with Crippen molar-refractivity contribution < 1.29 is 23.9 Å². The summed E-state index contributed by atoms with van der Waals surface area (Å²) in [5, 5.41) is 12.8. The van der Waals surface area contributed by atoms with Crippen molar-refractivity contribution in [1.29, 1.82) is 0 Å². The maximum atomic E-state index is 15.3. The van der Waals surface area contributed by atoms with Gasteiger partial charge in [0.1, 0.15) is 16.9 Å². The van der Waals surface area contributed by atoms with Crippen molar-refractivity contribution >= 4 is 78.5 Å². The fourth-order valence-corrected chi connectivity index (χ4v) is 7.75. The fourth-order valence-electron chi connectivity index (χ4n) is 5.42. The van der Waals surface area contributed by atoms with Gasteiger partial charge in [0.15, 0.2) is 5.13 Å². The van der Waals surface area contributed by atoms with E-state index in [4.69, 9.17) is 4.98 Å². The molecule has 218 valence electrons. The van der Waals surface area contributed by atoms with Gasteiger partial charge in [-0.3, -0.25) is 24.2 Å². The molecule has 0 spiro atoms. The van der Waals surface area contributed by atoms with E-state index in [9.17, 15) is 24.3 Å². The number of rotatable bonds is 6. The summed E-state index contributed by atoms with van der Waals surface area (Å²) in [6, 6.07) is 8.20. The number of aromatic carboxylic acids is 1. The maximum absolute atomic E-state index is 15.3. The third kappa shape index (κ3) is 4.99. The number of nitrogens with one attached hydrogen (secondary N) is 1. The number of fused-ring (bicyclic) bond motifs is 2. The molecular weight excluding hydrogens is 583 g/mol. The summed E-state index contributed by atoms with van der Waals surface area (Å²) in [7, 11) is 0. The second-order valence-electron chi connectivity index (χ2n) is 10.1. The number of anilines is 3. The van der Waals surface area contributed by atoms with Crippen molar-refractivity contribution in [2.24, 2.45) is 0 Å². The molecule has 11 nitrogen and oxygen atoms in total. The Labute approximate surface area is 247 Å². The molecule has 6 rings (SSSR count). The third-order valence-corrected chi connectivity index (χ3v) is 9.67. The highest BCUT2D eigenvalue weighted by molar-refractivity contribution is 8.01. The lowest BCUT2D eigenvalue weighted by Crippen LogP contribution is -2.54. The summed E-state index contributed by atoms with van der Waals surface area (Å²) in [5.74, 6) is -1.81. The van der Waals surface area contributed by atoms with Crippen molar-refractivity contribution in [2.75, 3.05) is 47.0 Å². The number of benzene rings is 2. The van der Waals surface area contributed by atoms with Crippen LogP contribution in [0.1, 0.15) is 24.2 Å². The van der Waals surface area contributed by atoms with E-state index >= 15 is 4.39 Å². The molecule has 1 atom stereocenters. The molecule has 4 aromatic rings. The van der Waals surface area contributed by atoms with Gasteiger partial charge in [-0.25, -0.2) is 14.2 Å². The molecule has 2 aliphatic rings. The van der Waals surface area contributed by atoms with Crippen LogP contribution >= 0.6 is 23.1 Å². The van der Waals surface area contributed by atoms with Gasteiger partial charge in [-0.15, -0.1) is 11.8 Å². The number of thiazole rings is 1. The van der Waals surface area contributed by atoms with Crippen molar-refractivity contribution in [3.05, 3.63) is 58.1 Å². The van der Waals surface area contributed by atoms with E-state index in [2.05, 4.69) is 10.2 Å². The molecule has 0 bridgehead atoms. The minimum atomic E-state index is -1.34. The number of hydrogen-bond donors (Lipinski definition) is 2. The fraction of sp³-hybridized carbons (Fsp3) is 0.321. The van der Waals surface area contributed by atoms with E-state index in [1.807, 2.05) is 24.0 Å². The first-order valence-corrected chi connectivity index (χ1v) is 15.2. The monoisotopic (exact) mass is 610 g/mol. The molecule has 14 heteroatoms. The molecule has 2 saturated heterocycles. The average Bonchev–Trinajstić information content (AvgIpc) is 3.55. The van der Waals surface area contributed by atoms with Crippen molar-refractivity contribution in [3.8, 4) is 0 Å². The Kier molecular flexibility index (Phi) is 7.37. The number of carboxylic acid groups (broad SMARTS) is 1. The predicted molar refractivity (Wildman–Crippen MR) is 162 cm³/mol. The number of nitrogens with zero attached hydrogens (tertiary/aromatic N) is 5. The molecule has 0 saturated carbocycles. The number of thioether (sulfide) groups is 1. The van der Waals surface area contributed by atoms with Gasteiger partial charge in [-0.2, -0.15) is 0 Å². The van der Waals surface area contributed by atoms with Crippen molar-refractivity contribution in [1.82, 2.24) is 14.5 Å². The molecule has 2 N–H and O–H groups in total. The zero-order valence-electron chi connectivity index (χ0n) is 22.8. The lowest BCUT2D eigenvalue weighted by Gasteiger charge is -2.40. The number of carbonyl (C=O) groups excluding carboxylic acids is 2. The average molecular weight is 611 g/mol. The number of carboxylic acids is 1. The molecule has 2 aliphatic heterocycles. The van der Waals surface area contributed by atoms with Crippen LogP contribution in [0, 0.1) is 5.82 Å². The standard InChI is InChI=1S/C28H27FN6O5S2/c1-3-32-13-18(26(39)40)25(38)17-11-19(29)22(12-21(17)32)33-6-8-34(9-7-33)28-35(24(37)14-41-28)27-31-20-5-4-16(30-15(2)36)10-23(20)42-27/h4-5,10-13,28H,3,6-9,14H2,1-2H3,(H,30,36)(H,39,40). The number of carbonyl (C=O) groups is 3. The van der Waals surface area contributed by atoms with E-state index in [0.717, 1.165) is 16.3 Å². The second kappa shape index (κ2) is 11.0. The number of pyridine rings is 1. The summed E-state index contributed by atoms with van der Waals surface area (Å²) in [6.45, 7) is 5.80. The van der Waals surface area contributed by atoms with E-state index < -0.39 is 17.2 Å². The quantitative estimate of drug-likeness (QED) is 0.337. The maximum Gasteiger partial charge on any atom is 0.341 e. The minimum absolute atomic E-state index is 0.0348. The SMILES string of the molecule is CCn1cc(C(=O)O)c(=O)c2cc(F)c(N3CCN(C4SCC(=O)N4c4nc5ccc(NC(C)=O)cc5s4)CC3)cc21. The first-order valence-electron chi connectivity index (χ1n) is 13.4. The largest absolute Gasteiger partial charge is 0.477 e. The lowest BCUT2D eigenvalue weighted by molar-refractivity contribution is -0.116. The molecule has 0 radical (unpaired) electrons. The minimum Gasteiger partial charge on any atom is -0.477 e. The van der Waals surface area contributed by atoms with Crippen molar-refractivity contribution in [2.45, 2.75) is 25.9 Å². The zero-order valence-corrected chi connectivity index (χ0v) is 24.4. The van der Waals surface area contributed by atoms with Crippen LogP contribution in [-0.2, 0) is 16.1 Å². The van der Waals surface area contributed by atoms with Gasteiger partial charge in [-0.05, 0) is 37.3 Å². The normalized spacial score (nSPS) is 17.9. The molecule has 2 amide bonds. The predicted octanol–water partition coefficient (Wildman–Crippen LogP) is 3.61. The Hall–Kier alpha value is -4.01. The van der Waals surface area contributed by atoms with Gasteiger partial charge >= 0.3 is 5.97 Å². The zero-order chi connectivity index (χ0) is 29.7. The van der Waals surface area contributed by atoms with Gasteiger partial charge < -0.3 is 19.9 Å². The smallest absolute Gasteiger partial charge is 0.341 e. The van der Waals surface area contributed by atoms with Gasteiger partial charge in [-0.1, -0.05) is 11.3 Å². The Morgan fingerprint density at radius 1 is 1.14 bits per heavy atom. The highest BCUT2D eigenvalue weighted by atomic mass is 32.2. The molecule has 2 aromatic heterocycles. The first-order chi connectivity index (χ1) is 20.1. The van der Waals surface area contributed by atoms with Crippen LogP contribution in [-0.4, -0.2) is 74.8 Å². The Morgan fingerprint density at radius 2 is 1.90 bits per heavy atom. The number of aromatic nitrogens is 2. The van der Waals surface area contributed by atoms with Gasteiger partial charge in [0.25, 0.3) is 0 Å². The van der Waals surface area contributed by atoms with Crippen LogP contribution in [0.2, 0.25) is 0 Å². The van der Waals surface area contributed by atoms with Gasteiger partial charge in [0.2, 0.25) is 17.2 Å². The Balaban J connectivity index is 1.23. The van der Waals surface area contributed by atoms with Crippen LogP contribution in [0.25, 0.3) is 21.1 Å². The number of piperazine rings is 1. The van der Waals surface area contributed by atoms with Crippen LogP contribution in [0.4, 0.5) is 20.9 Å². The van der Waals surface area contributed by atoms with Gasteiger partial charge in [0, 0.05) is 56.9 Å². The number of amides is 2. The molecular formula is C28H27FN6O5S2. The van der Waals surface area contributed by atoms with E-state index in [1.54, 1.807) is 21.6 Å². The molecule has 1 unspecified atom stereocenters. The number of aryl methyl sites for hydroxylation is 1. The van der Waals surface area contributed by atoms with Crippen LogP contribution in [0.15, 0.2) is 41.3 Å². The molecule has 0 aliphatic carbocycles. The van der Waals surface area contributed by atoms with Crippen molar-refractivity contribution in [3.63, 3.8) is 0 Å². The van der Waals surface area contributed by atoms with Crippen LogP contribution < -0.4 is 20.5 Å². The molecule has 2 fully saturated rings. The van der Waals surface area contributed by atoms with E-state index in [0.29, 0.717) is 60.5 Å². The topological polar surface area (TPSA) is 128 Å². The number of halogens is 1.